The van der Waals surface area contributed by atoms with Crippen molar-refractivity contribution in [3.05, 3.63) is 0 Å². The summed E-state index contributed by atoms with van der Waals surface area (Å²) in [5, 5.41) is 34.9. The van der Waals surface area contributed by atoms with Gasteiger partial charge in [0.15, 0.2) is 6.10 Å². The molecule has 12 heavy (non-hydrogen) atoms. The normalized spacial score (nSPS) is 18.3. The molecule has 0 aliphatic rings. The van der Waals surface area contributed by atoms with Gasteiger partial charge in [0.25, 0.3) is 0 Å². The van der Waals surface area contributed by atoms with Gasteiger partial charge in [-0.1, -0.05) is 0 Å². The van der Waals surface area contributed by atoms with Crippen LogP contribution in [0, 0.1) is 0 Å². The third kappa shape index (κ3) is 5.06. The maximum atomic E-state index is 10.1. The van der Waals surface area contributed by atoms with Gasteiger partial charge in [0.2, 0.25) is 0 Å². The molecule has 5 nitrogen and oxygen atoms in total. The summed E-state index contributed by atoms with van der Waals surface area (Å²) < 4.78 is 0. The average Bonchev–Trinajstić information content (AvgIpc) is 1.84. The lowest BCUT2D eigenvalue weighted by Crippen LogP contribution is -2.27. The first kappa shape index (κ1) is 11.4. The fourth-order valence-corrected chi connectivity index (χ4v) is 0.849. The molecule has 0 aromatic carbocycles. The second-order valence-electron chi connectivity index (χ2n) is 2.83. The zero-order valence-electron chi connectivity index (χ0n) is 6.84. The van der Waals surface area contributed by atoms with Gasteiger partial charge >= 0.3 is 5.97 Å². The Morgan fingerprint density at radius 1 is 1.25 bits per heavy atom. The zero-order chi connectivity index (χ0) is 9.72. The number of hydrogen-bond acceptors (Lipinski definition) is 4. The van der Waals surface area contributed by atoms with Gasteiger partial charge in [0.1, 0.15) is 0 Å². The van der Waals surface area contributed by atoms with E-state index in [2.05, 4.69) is 0 Å². The maximum Gasteiger partial charge on any atom is 0.332 e. The molecule has 0 fully saturated rings. The van der Waals surface area contributed by atoms with Gasteiger partial charge in [-0.2, -0.15) is 0 Å². The zero-order valence-corrected chi connectivity index (χ0v) is 6.84. The summed E-state index contributed by atoms with van der Waals surface area (Å²) in [7, 11) is 0. The molecular weight excluding hydrogens is 164 g/mol. The highest BCUT2D eigenvalue weighted by Gasteiger charge is 2.18. The van der Waals surface area contributed by atoms with Crippen molar-refractivity contribution in [2.75, 3.05) is 0 Å². The van der Waals surface area contributed by atoms with Crippen molar-refractivity contribution in [1.82, 2.24) is 0 Å². The Morgan fingerprint density at radius 2 is 1.75 bits per heavy atom. The summed E-state index contributed by atoms with van der Waals surface area (Å²) in [6.45, 7) is 1.48. The number of carboxylic acid groups (broad SMARTS) is 1. The van der Waals surface area contributed by atoms with E-state index in [1.807, 2.05) is 0 Å². The van der Waals surface area contributed by atoms with Crippen LogP contribution in [0.15, 0.2) is 0 Å². The summed E-state index contributed by atoms with van der Waals surface area (Å²) in [4.78, 5) is 10.1. The molecule has 0 aliphatic carbocycles. The molecule has 72 valence electrons. The molecule has 0 rings (SSSR count). The summed E-state index contributed by atoms with van der Waals surface area (Å²) in [6, 6.07) is 0. The summed E-state index contributed by atoms with van der Waals surface area (Å²) in [5.41, 5.74) is 0. The van der Waals surface area contributed by atoms with E-state index in [4.69, 9.17) is 20.4 Å². The molecule has 0 spiro atoms. The summed E-state index contributed by atoms with van der Waals surface area (Å²) in [6.07, 6.45) is -3.40. The standard InChI is InChI=1S/C7H14O5/c1-4(8)2-5(9)3-6(10)7(11)12/h4-6,8-10H,2-3H2,1H3,(H,11,12). The van der Waals surface area contributed by atoms with Gasteiger partial charge in [0, 0.05) is 6.42 Å². The number of carbonyl (C=O) groups is 1. The topological polar surface area (TPSA) is 98.0 Å². The molecule has 3 atom stereocenters. The van der Waals surface area contributed by atoms with E-state index < -0.39 is 24.3 Å². The molecule has 0 saturated heterocycles. The van der Waals surface area contributed by atoms with Crippen LogP contribution in [-0.4, -0.2) is 44.7 Å². The predicted molar refractivity (Wildman–Crippen MR) is 40.6 cm³/mol. The lowest BCUT2D eigenvalue weighted by atomic mass is 10.1. The molecule has 0 amide bonds. The van der Waals surface area contributed by atoms with Crippen LogP contribution < -0.4 is 0 Å². The number of hydrogen-bond donors (Lipinski definition) is 4. The smallest absolute Gasteiger partial charge is 0.332 e. The third-order valence-corrected chi connectivity index (χ3v) is 1.39. The minimum absolute atomic E-state index is 0.0737. The molecule has 5 heteroatoms. The van der Waals surface area contributed by atoms with Crippen LogP contribution in [0.2, 0.25) is 0 Å². The third-order valence-electron chi connectivity index (χ3n) is 1.39. The van der Waals surface area contributed by atoms with Crippen molar-refractivity contribution in [1.29, 1.82) is 0 Å². The number of carboxylic acids is 1. The first-order chi connectivity index (χ1) is 5.43. The Morgan fingerprint density at radius 3 is 2.08 bits per heavy atom. The number of rotatable bonds is 5. The van der Waals surface area contributed by atoms with Crippen molar-refractivity contribution in [3.8, 4) is 0 Å². The van der Waals surface area contributed by atoms with Crippen molar-refractivity contribution >= 4 is 5.97 Å². The largest absolute Gasteiger partial charge is 0.479 e. The first-order valence-corrected chi connectivity index (χ1v) is 3.70. The van der Waals surface area contributed by atoms with E-state index >= 15 is 0 Å². The Kier molecular flexibility index (Phi) is 4.80. The Bertz CT molecular complexity index is 145. The average molecular weight is 178 g/mol. The van der Waals surface area contributed by atoms with Crippen LogP contribution in [0.1, 0.15) is 19.8 Å². The van der Waals surface area contributed by atoms with Crippen molar-refractivity contribution < 1.29 is 25.2 Å². The molecule has 3 unspecified atom stereocenters. The fraction of sp³-hybridized carbons (Fsp3) is 0.857. The van der Waals surface area contributed by atoms with Gasteiger partial charge in [-0.3, -0.25) is 0 Å². The van der Waals surface area contributed by atoms with E-state index in [1.165, 1.54) is 6.92 Å². The second kappa shape index (κ2) is 5.08. The van der Waals surface area contributed by atoms with Crippen LogP contribution in [0.5, 0.6) is 0 Å². The highest BCUT2D eigenvalue weighted by Crippen LogP contribution is 2.05. The molecular formula is C7H14O5. The van der Waals surface area contributed by atoms with Crippen LogP contribution in [-0.2, 0) is 4.79 Å². The molecule has 0 heterocycles. The number of aliphatic hydroxyl groups excluding tert-OH is 3. The van der Waals surface area contributed by atoms with Crippen LogP contribution in [0.4, 0.5) is 0 Å². The van der Waals surface area contributed by atoms with E-state index in [9.17, 15) is 4.79 Å². The van der Waals surface area contributed by atoms with Crippen LogP contribution in [0.3, 0.4) is 0 Å². The van der Waals surface area contributed by atoms with Crippen molar-refractivity contribution in [2.45, 2.75) is 38.1 Å². The van der Waals surface area contributed by atoms with E-state index in [1.54, 1.807) is 0 Å². The van der Waals surface area contributed by atoms with Gasteiger partial charge in [-0.05, 0) is 13.3 Å². The monoisotopic (exact) mass is 178 g/mol. The SMILES string of the molecule is CC(O)CC(O)CC(O)C(=O)O. The Labute approximate surface area is 70.3 Å². The predicted octanol–water partition coefficient (Wildman–Crippen LogP) is -1.05. The molecule has 0 saturated carbocycles. The van der Waals surface area contributed by atoms with Gasteiger partial charge in [0.05, 0.1) is 12.2 Å². The van der Waals surface area contributed by atoms with Gasteiger partial charge < -0.3 is 20.4 Å². The Hall–Kier alpha value is -0.650. The highest BCUT2D eigenvalue weighted by atomic mass is 16.4. The van der Waals surface area contributed by atoms with Crippen molar-refractivity contribution in [3.63, 3.8) is 0 Å². The maximum absolute atomic E-state index is 10.1. The molecule has 4 N–H and O–H groups in total. The molecule has 0 aromatic rings. The summed E-state index contributed by atoms with van der Waals surface area (Å²) in [5.74, 6) is -1.36. The van der Waals surface area contributed by atoms with Crippen LogP contribution in [0.25, 0.3) is 0 Å². The lowest BCUT2D eigenvalue weighted by Gasteiger charge is -2.13. The fourth-order valence-electron chi connectivity index (χ4n) is 0.849. The minimum atomic E-state index is -1.56. The molecule has 0 aromatic heterocycles. The van der Waals surface area contributed by atoms with Crippen molar-refractivity contribution in [2.24, 2.45) is 0 Å². The number of aliphatic carboxylic acids is 1. The van der Waals surface area contributed by atoms with E-state index in [0.717, 1.165) is 0 Å². The van der Waals surface area contributed by atoms with E-state index in [0.29, 0.717) is 0 Å². The molecule has 0 bridgehead atoms. The second-order valence-corrected chi connectivity index (χ2v) is 2.83. The van der Waals surface area contributed by atoms with Gasteiger partial charge in [-0.25, -0.2) is 4.79 Å². The quantitative estimate of drug-likeness (QED) is 0.431. The first-order valence-electron chi connectivity index (χ1n) is 3.70. The van der Waals surface area contributed by atoms with Crippen LogP contribution >= 0.6 is 0 Å². The van der Waals surface area contributed by atoms with Gasteiger partial charge in [-0.15, -0.1) is 0 Å². The highest BCUT2D eigenvalue weighted by molar-refractivity contribution is 5.71. The number of aliphatic hydroxyl groups is 3. The minimum Gasteiger partial charge on any atom is -0.479 e. The molecule has 0 aliphatic heterocycles. The van der Waals surface area contributed by atoms with E-state index in [-0.39, 0.29) is 12.8 Å². The summed E-state index contributed by atoms with van der Waals surface area (Å²) >= 11 is 0. The lowest BCUT2D eigenvalue weighted by molar-refractivity contribution is -0.148. The Balaban J connectivity index is 3.68. The molecule has 0 radical (unpaired) electrons.